The molecular weight excluding hydrogens is 350 g/mol. The van der Waals surface area contributed by atoms with Gasteiger partial charge in [-0.3, -0.25) is 4.79 Å². The Kier molecular flexibility index (Phi) is 4.32. The van der Waals surface area contributed by atoms with Crippen LogP contribution in [0.5, 0.6) is 0 Å². The molecule has 0 radical (unpaired) electrons. The van der Waals surface area contributed by atoms with Gasteiger partial charge in [0.2, 0.25) is 0 Å². The zero-order valence-corrected chi connectivity index (χ0v) is 13.7. The predicted octanol–water partition coefficient (Wildman–Crippen LogP) is 4.50. The van der Waals surface area contributed by atoms with Crippen LogP contribution in [0.3, 0.4) is 0 Å². The van der Waals surface area contributed by atoms with Crippen LogP contribution in [-0.2, 0) is 6.42 Å². The van der Waals surface area contributed by atoms with Crippen molar-refractivity contribution in [2.45, 2.75) is 17.7 Å². The molecule has 1 atom stereocenters. The first-order valence-corrected chi connectivity index (χ1v) is 8.25. The van der Waals surface area contributed by atoms with E-state index < -0.39 is 0 Å². The normalized spacial score (nSPS) is 15.8. The minimum absolute atomic E-state index is 0.0233. The van der Waals surface area contributed by atoms with E-state index in [-0.39, 0.29) is 10.7 Å². The fourth-order valence-corrected chi connectivity index (χ4v) is 3.38. The minimum Gasteiger partial charge on any atom is -0.352 e. The average molecular weight is 365 g/mol. The molecule has 0 spiro atoms. The summed E-state index contributed by atoms with van der Waals surface area (Å²) in [5.41, 5.74) is 4.06. The van der Waals surface area contributed by atoms with Gasteiger partial charge < -0.3 is 5.32 Å². The van der Waals surface area contributed by atoms with Gasteiger partial charge in [0.25, 0.3) is 5.91 Å². The second kappa shape index (κ2) is 6.20. The van der Waals surface area contributed by atoms with Crippen LogP contribution >= 0.6 is 27.5 Å². The highest BCUT2D eigenvalue weighted by molar-refractivity contribution is 9.09. The van der Waals surface area contributed by atoms with Gasteiger partial charge in [-0.05, 0) is 47.7 Å². The number of aryl methyl sites for hydroxylation is 1. The summed E-state index contributed by atoms with van der Waals surface area (Å²) in [6, 6.07) is 13.9. The highest BCUT2D eigenvalue weighted by Gasteiger charge is 2.18. The van der Waals surface area contributed by atoms with Crippen molar-refractivity contribution >= 4 is 33.4 Å². The van der Waals surface area contributed by atoms with Gasteiger partial charge in [-0.1, -0.05) is 51.8 Å². The van der Waals surface area contributed by atoms with Crippen LogP contribution in [-0.4, -0.2) is 12.5 Å². The molecule has 1 aliphatic heterocycles. The first-order chi connectivity index (χ1) is 10.1. The van der Waals surface area contributed by atoms with E-state index in [4.69, 9.17) is 11.6 Å². The van der Waals surface area contributed by atoms with Crippen molar-refractivity contribution in [3.05, 3.63) is 69.7 Å². The third kappa shape index (κ3) is 3.14. The Hall–Kier alpha value is -1.32. The number of alkyl halides is 1. The Labute approximate surface area is 137 Å². The Morgan fingerprint density at radius 1 is 1.14 bits per heavy atom. The van der Waals surface area contributed by atoms with E-state index in [2.05, 4.69) is 33.4 Å². The SMILES string of the molecule is O=C1NCCCc2ccc(C(Br)c3cccc(Cl)c3)cc21. The molecule has 0 fully saturated rings. The predicted molar refractivity (Wildman–Crippen MR) is 89.3 cm³/mol. The minimum atomic E-state index is 0.0233. The van der Waals surface area contributed by atoms with E-state index in [9.17, 15) is 4.79 Å². The lowest BCUT2D eigenvalue weighted by Gasteiger charge is -2.14. The van der Waals surface area contributed by atoms with Gasteiger partial charge in [-0.2, -0.15) is 0 Å². The molecule has 1 aliphatic rings. The second-order valence-electron chi connectivity index (χ2n) is 5.19. The molecule has 0 aliphatic carbocycles. The lowest BCUT2D eigenvalue weighted by molar-refractivity contribution is 0.0956. The molecule has 1 N–H and O–H groups in total. The van der Waals surface area contributed by atoms with Crippen LogP contribution < -0.4 is 5.32 Å². The monoisotopic (exact) mass is 363 g/mol. The number of benzene rings is 2. The number of fused-ring (bicyclic) bond motifs is 1. The zero-order chi connectivity index (χ0) is 14.8. The molecule has 21 heavy (non-hydrogen) atoms. The number of carbonyl (C=O) groups excluding carboxylic acids is 1. The van der Waals surface area contributed by atoms with Crippen molar-refractivity contribution in [2.75, 3.05) is 6.54 Å². The number of hydrogen-bond donors (Lipinski definition) is 1. The zero-order valence-electron chi connectivity index (χ0n) is 11.4. The van der Waals surface area contributed by atoms with E-state index in [1.165, 1.54) is 0 Å². The molecule has 3 rings (SSSR count). The smallest absolute Gasteiger partial charge is 0.251 e. The number of amides is 1. The van der Waals surface area contributed by atoms with Gasteiger partial charge in [0.05, 0.1) is 4.83 Å². The second-order valence-corrected chi connectivity index (χ2v) is 6.55. The standard InChI is InChI=1S/C17H15BrClNO/c18-16(12-3-1-5-14(19)9-12)13-7-6-11-4-2-8-20-17(21)15(11)10-13/h1,3,5-7,9-10,16H,2,4,8H2,(H,20,21). The van der Waals surface area contributed by atoms with Crippen molar-refractivity contribution in [2.24, 2.45) is 0 Å². The molecule has 2 nitrogen and oxygen atoms in total. The van der Waals surface area contributed by atoms with Crippen molar-refractivity contribution in [1.29, 1.82) is 0 Å². The van der Waals surface area contributed by atoms with Gasteiger partial charge in [0.15, 0.2) is 0 Å². The summed E-state index contributed by atoms with van der Waals surface area (Å²) < 4.78 is 0. The molecule has 1 heterocycles. The summed E-state index contributed by atoms with van der Waals surface area (Å²) >= 11 is 9.76. The number of nitrogens with one attached hydrogen (secondary N) is 1. The summed E-state index contributed by atoms with van der Waals surface area (Å²) in [4.78, 5) is 12.1. The number of rotatable bonds is 2. The quantitative estimate of drug-likeness (QED) is 0.781. The molecule has 1 amide bonds. The molecule has 0 saturated heterocycles. The summed E-state index contributed by atoms with van der Waals surface area (Å²) in [7, 11) is 0. The molecule has 2 aromatic carbocycles. The van der Waals surface area contributed by atoms with Crippen molar-refractivity contribution in [1.82, 2.24) is 5.32 Å². The lowest BCUT2D eigenvalue weighted by atomic mass is 9.97. The van der Waals surface area contributed by atoms with Gasteiger partial charge >= 0.3 is 0 Å². The molecule has 0 saturated carbocycles. The van der Waals surface area contributed by atoms with Crippen LogP contribution in [0.25, 0.3) is 0 Å². The Morgan fingerprint density at radius 2 is 1.95 bits per heavy atom. The maximum Gasteiger partial charge on any atom is 0.251 e. The molecule has 1 unspecified atom stereocenters. The third-order valence-corrected chi connectivity index (χ3v) is 5.01. The highest BCUT2D eigenvalue weighted by atomic mass is 79.9. The number of hydrogen-bond acceptors (Lipinski definition) is 1. The largest absolute Gasteiger partial charge is 0.352 e. The summed E-state index contributed by atoms with van der Waals surface area (Å²) in [6.45, 7) is 0.745. The maximum absolute atomic E-state index is 12.1. The molecular formula is C17H15BrClNO. The Balaban J connectivity index is 1.98. The fraction of sp³-hybridized carbons (Fsp3) is 0.235. The Morgan fingerprint density at radius 3 is 2.76 bits per heavy atom. The third-order valence-electron chi connectivity index (χ3n) is 3.72. The van der Waals surface area contributed by atoms with Crippen LogP contribution in [0, 0.1) is 0 Å². The Bertz CT molecular complexity index is 686. The summed E-state index contributed by atoms with van der Waals surface area (Å²) in [6.07, 6.45) is 1.93. The van der Waals surface area contributed by atoms with Crippen LogP contribution in [0.4, 0.5) is 0 Å². The molecule has 0 bridgehead atoms. The van der Waals surface area contributed by atoms with Crippen molar-refractivity contribution in [3.63, 3.8) is 0 Å². The van der Waals surface area contributed by atoms with Gasteiger partial charge in [0.1, 0.15) is 0 Å². The summed E-state index contributed by atoms with van der Waals surface area (Å²) in [5.74, 6) is 0.0233. The molecule has 4 heteroatoms. The summed E-state index contributed by atoms with van der Waals surface area (Å²) in [5, 5.41) is 3.65. The van der Waals surface area contributed by atoms with E-state index >= 15 is 0 Å². The van der Waals surface area contributed by atoms with E-state index in [1.54, 1.807) is 0 Å². The van der Waals surface area contributed by atoms with Crippen molar-refractivity contribution in [3.8, 4) is 0 Å². The van der Waals surface area contributed by atoms with E-state index in [1.807, 2.05) is 30.3 Å². The first-order valence-electron chi connectivity index (χ1n) is 6.96. The highest BCUT2D eigenvalue weighted by Crippen LogP contribution is 2.33. The average Bonchev–Trinajstić information content (AvgIpc) is 2.68. The molecule has 0 aromatic heterocycles. The van der Waals surface area contributed by atoms with Crippen molar-refractivity contribution < 1.29 is 4.79 Å². The van der Waals surface area contributed by atoms with Gasteiger partial charge in [0, 0.05) is 17.1 Å². The fourth-order valence-electron chi connectivity index (χ4n) is 2.61. The van der Waals surface area contributed by atoms with E-state index in [0.29, 0.717) is 5.02 Å². The van der Waals surface area contributed by atoms with E-state index in [0.717, 1.165) is 41.6 Å². The van der Waals surface area contributed by atoms with Crippen LogP contribution in [0.2, 0.25) is 5.02 Å². The molecule has 108 valence electrons. The number of carbonyl (C=O) groups is 1. The van der Waals surface area contributed by atoms with Crippen LogP contribution in [0.1, 0.15) is 38.3 Å². The van der Waals surface area contributed by atoms with Crippen LogP contribution in [0.15, 0.2) is 42.5 Å². The van der Waals surface area contributed by atoms with Gasteiger partial charge in [-0.15, -0.1) is 0 Å². The first kappa shape index (κ1) is 14.6. The topological polar surface area (TPSA) is 29.1 Å². The maximum atomic E-state index is 12.1. The van der Waals surface area contributed by atoms with Gasteiger partial charge in [-0.25, -0.2) is 0 Å². The molecule has 2 aromatic rings. The number of halogens is 2. The lowest BCUT2D eigenvalue weighted by Crippen LogP contribution is -2.22.